The van der Waals surface area contributed by atoms with Crippen LogP contribution in [-0.2, 0) is 19.5 Å². The number of fused-ring (bicyclic) bond motifs is 1. The van der Waals surface area contributed by atoms with Crippen LogP contribution in [0.15, 0.2) is 67.4 Å². The molecule has 6 nitrogen and oxygen atoms in total. The van der Waals surface area contributed by atoms with Crippen molar-refractivity contribution in [2.45, 2.75) is 32.0 Å². The molecule has 1 aliphatic rings. The first-order chi connectivity index (χ1) is 15.2. The molecule has 160 valence electrons. The summed E-state index contributed by atoms with van der Waals surface area (Å²) in [6.45, 7) is 5.22. The first-order valence-electron chi connectivity index (χ1n) is 11.1. The van der Waals surface area contributed by atoms with Gasteiger partial charge in [-0.15, -0.1) is 0 Å². The molecule has 0 bridgehead atoms. The van der Waals surface area contributed by atoms with E-state index in [1.165, 1.54) is 40.6 Å². The van der Waals surface area contributed by atoms with Gasteiger partial charge >= 0.3 is 0 Å². The van der Waals surface area contributed by atoms with Crippen LogP contribution in [0.25, 0.3) is 10.9 Å². The summed E-state index contributed by atoms with van der Waals surface area (Å²) in [5, 5.41) is 5.55. The van der Waals surface area contributed by atoms with Crippen molar-refractivity contribution >= 4 is 10.9 Å². The van der Waals surface area contributed by atoms with Gasteiger partial charge in [-0.3, -0.25) is 4.90 Å². The lowest BCUT2D eigenvalue weighted by molar-refractivity contribution is 0.232. The van der Waals surface area contributed by atoms with Crippen LogP contribution in [0, 0.1) is 0 Å². The van der Waals surface area contributed by atoms with E-state index in [4.69, 9.17) is 0 Å². The third-order valence-electron chi connectivity index (χ3n) is 6.50. The number of rotatable bonds is 8. The van der Waals surface area contributed by atoms with Crippen molar-refractivity contribution in [1.82, 2.24) is 29.5 Å². The maximum atomic E-state index is 4.22. The van der Waals surface area contributed by atoms with Crippen molar-refractivity contribution in [3.8, 4) is 0 Å². The highest BCUT2D eigenvalue weighted by Crippen LogP contribution is 2.22. The fourth-order valence-electron chi connectivity index (χ4n) is 4.67. The highest BCUT2D eigenvalue weighted by molar-refractivity contribution is 5.83. The van der Waals surface area contributed by atoms with Gasteiger partial charge in [0.05, 0.1) is 6.54 Å². The number of aromatic amines is 1. The molecule has 3 heterocycles. The first-order valence-corrected chi connectivity index (χ1v) is 11.1. The van der Waals surface area contributed by atoms with E-state index < -0.39 is 0 Å². The van der Waals surface area contributed by atoms with Gasteiger partial charge in [0, 0.05) is 49.3 Å². The molecule has 0 unspecified atom stereocenters. The lowest BCUT2D eigenvalue weighted by atomic mass is 10.1. The molecular formula is C25H30N6. The van der Waals surface area contributed by atoms with Crippen LogP contribution >= 0.6 is 0 Å². The fourth-order valence-corrected chi connectivity index (χ4v) is 4.67. The maximum Gasteiger partial charge on any atom is 0.137 e. The van der Waals surface area contributed by atoms with Crippen LogP contribution < -0.4 is 0 Å². The molecule has 4 aromatic rings. The van der Waals surface area contributed by atoms with E-state index in [9.17, 15) is 0 Å². The molecule has 2 aromatic heterocycles. The molecule has 1 aliphatic heterocycles. The second-order valence-corrected chi connectivity index (χ2v) is 8.68. The average molecular weight is 415 g/mol. The van der Waals surface area contributed by atoms with Crippen molar-refractivity contribution in [1.29, 1.82) is 0 Å². The van der Waals surface area contributed by atoms with Gasteiger partial charge < -0.3 is 9.88 Å². The molecule has 0 spiro atoms. The van der Waals surface area contributed by atoms with E-state index >= 15 is 0 Å². The summed E-state index contributed by atoms with van der Waals surface area (Å²) in [5.41, 5.74) is 5.25. The fraction of sp³-hybridized carbons (Fsp3) is 0.360. The summed E-state index contributed by atoms with van der Waals surface area (Å²) in [5.74, 6) is 0. The maximum absolute atomic E-state index is 4.22. The molecule has 0 aliphatic carbocycles. The van der Waals surface area contributed by atoms with E-state index in [1.54, 1.807) is 12.7 Å². The smallest absolute Gasteiger partial charge is 0.137 e. The van der Waals surface area contributed by atoms with Crippen LogP contribution in [0.5, 0.6) is 0 Å². The van der Waals surface area contributed by atoms with Crippen LogP contribution in [-0.4, -0.2) is 62.3 Å². The van der Waals surface area contributed by atoms with E-state index in [0.717, 1.165) is 32.6 Å². The SMILES string of the molecule is CN(CCc1c[nH]c2ccc(Cn3cncn3)cc12)[C@H]1CCN(Cc2ccccc2)C1. The Morgan fingerprint density at radius 1 is 1.10 bits per heavy atom. The summed E-state index contributed by atoms with van der Waals surface area (Å²) in [6, 6.07) is 18.1. The minimum absolute atomic E-state index is 0.636. The van der Waals surface area contributed by atoms with Crippen molar-refractivity contribution in [3.05, 3.63) is 84.1 Å². The van der Waals surface area contributed by atoms with Crippen molar-refractivity contribution in [2.24, 2.45) is 0 Å². The standard InChI is InChI=1S/C25H30N6/c1-29(23-10-12-30(17-23)15-20-5-3-2-4-6-20)11-9-22-14-27-25-8-7-21(13-24(22)25)16-31-19-26-18-28-31/h2-8,13-14,18-19,23,27H,9-12,15-17H2,1H3/t23-/m0/s1. The largest absolute Gasteiger partial charge is 0.361 e. The normalized spacial score (nSPS) is 17.2. The Bertz CT molecular complexity index is 1100. The summed E-state index contributed by atoms with van der Waals surface area (Å²) in [7, 11) is 2.28. The second-order valence-electron chi connectivity index (χ2n) is 8.68. The van der Waals surface area contributed by atoms with E-state index in [1.807, 2.05) is 4.68 Å². The first kappa shape index (κ1) is 20.0. The third kappa shape index (κ3) is 4.70. The van der Waals surface area contributed by atoms with Crippen LogP contribution in [0.1, 0.15) is 23.1 Å². The van der Waals surface area contributed by atoms with Gasteiger partial charge in [-0.2, -0.15) is 5.10 Å². The molecule has 6 heteroatoms. The average Bonchev–Trinajstić information content (AvgIpc) is 3.54. The van der Waals surface area contributed by atoms with Crippen LogP contribution in [0.2, 0.25) is 0 Å². The van der Waals surface area contributed by atoms with Gasteiger partial charge in [-0.05, 0) is 48.7 Å². The molecule has 31 heavy (non-hydrogen) atoms. The zero-order valence-corrected chi connectivity index (χ0v) is 18.1. The molecule has 1 atom stereocenters. The van der Waals surface area contributed by atoms with Crippen molar-refractivity contribution in [2.75, 3.05) is 26.7 Å². The molecule has 1 fully saturated rings. The highest BCUT2D eigenvalue weighted by Gasteiger charge is 2.25. The lowest BCUT2D eigenvalue weighted by Crippen LogP contribution is -2.35. The molecule has 2 aromatic carbocycles. The van der Waals surface area contributed by atoms with E-state index in [2.05, 4.69) is 86.6 Å². The summed E-state index contributed by atoms with van der Waals surface area (Å²) < 4.78 is 1.86. The Morgan fingerprint density at radius 3 is 2.84 bits per heavy atom. The number of H-pyrrole nitrogens is 1. The lowest BCUT2D eigenvalue weighted by Gasteiger charge is -2.24. The number of nitrogens with zero attached hydrogens (tertiary/aromatic N) is 5. The zero-order chi connectivity index (χ0) is 21.0. The van der Waals surface area contributed by atoms with Gasteiger partial charge in [-0.25, -0.2) is 9.67 Å². The number of likely N-dealkylation sites (N-methyl/N-ethyl adjacent to an activating group) is 1. The predicted molar refractivity (Wildman–Crippen MR) is 124 cm³/mol. The summed E-state index contributed by atoms with van der Waals surface area (Å²) in [4.78, 5) is 12.6. The van der Waals surface area contributed by atoms with E-state index in [-0.39, 0.29) is 0 Å². The number of hydrogen-bond acceptors (Lipinski definition) is 4. The van der Waals surface area contributed by atoms with Gasteiger partial charge in [-0.1, -0.05) is 36.4 Å². The Morgan fingerprint density at radius 2 is 2.00 bits per heavy atom. The molecule has 1 N–H and O–H groups in total. The molecule has 0 amide bonds. The Balaban J connectivity index is 1.18. The van der Waals surface area contributed by atoms with Gasteiger partial charge in [0.15, 0.2) is 0 Å². The van der Waals surface area contributed by atoms with Gasteiger partial charge in [0.25, 0.3) is 0 Å². The minimum Gasteiger partial charge on any atom is -0.361 e. The van der Waals surface area contributed by atoms with E-state index in [0.29, 0.717) is 6.04 Å². The number of hydrogen-bond donors (Lipinski definition) is 1. The Hall–Kier alpha value is -2.96. The summed E-state index contributed by atoms with van der Waals surface area (Å²) >= 11 is 0. The Kier molecular flexibility index (Phi) is 5.82. The topological polar surface area (TPSA) is 53.0 Å². The monoisotopic (exact) mass is 414 g/mol. The highest BCUT2D eigenvalue weighted by atomic mass is 15.3. The zero-order valence-electron chi connectivity index (χ0n) is 18.1. The molecule has 5 rings (SSSR count). The molecular weight excluding hydrogens is 384 g/mol. The third-order valence-corrected chi connectivity index (χ3v) is 6.50. The van der Waals surface area contributed by atoms with Crippen LogP contribution in [0.3, 0.4) is 0 Å². The summed E-state index contributed by atoms with van der Waals surface area (Å²) in [6.07, 6.45) is 7.83. The second kappa shape index (κ2) is 9.04. The van der Waals surface area contributed by atoms with Gasteiger partial charge in [0.2, 0.25) is 0 Å². The predicted octanol–water partition coefficient (Wildman–Crippen LogP) is 3.56. The van der Waals surface area contributed by atoms with Crippen molar-refractivity contribution < 1.29 is 0 Å². The van der Waals surface area contributed by atoms with Crippen LogP contribution in [0.4, 0.5) is 0 Å². The number of likely N-dealkylation sites (tertiary alicyclic amines) is 1. The molecule has 0 radical (unpaired) electrons. The Labute approximate surface area is 183 Å². The van der Waals surface area contributed by atoms with Gasteiger partial charge in [0.1, 0.15) is 12.7 Å². The number of nitrogens with one attached hydrogen (secondary N) is 1. The quantitative estimate of drug-likeness (QED) is 0.479. The molecule has 1 saturated heterocycles. The van der Waals surface area contributed by atoms with Crippen molar-refractivity contribution in [3.63, 3.8) is 0 Å². The number of benzene rings is 2. The number of aromatic nitrogens is 4. The molecule has 0 saturated carbocycles. The minimum atomic E-state index is 0.636.